The van der Waals surface area contributed by atoms with Gasteiger partial charge in [0.25, 0.3) is 5.91 Å². The van der Waals surface area contributed by atoms with Gasteiger partial charge in [0.15, 0.2) is 0 Å². The van der Waals surface area contributed by atoms with Crippen LogP contribution in [0.4, 0.5) is 0 Å². The molecule has 1 atom stereocenters. The summed E-state index contributed by atoms with van der Waals surface area (Å²) in [6.45, 7) is 1.31. The molecule has 2 N–H and O–H groups in total. The maximum Gasteiger partial charge on any atom is 0.330 e. The normalized spacial score (nSPS) is 11.3. The molecule has 6 nitrogen and oxygen atoms in total. The highest BCUT2D eigenvalue weighted by molar-refractivity contribution is 5.96. The van der Waals surface area contributed by atoms with E-state index in [0.29, 0.717) is 5.56 Å². The largest absolute Gasteiger partial charge is 0.467 e. The Morgan fingerprint density at radius 2 is 1.84 bits per heavy atom. The van der Waals surface area contributed by atoms with E-state index in [1.807, 2.05) is 0 Å². The van der Waals surface area contributed by atoms with Crippen molar-refractivity contribution in [3.05, 3.63) is 35.9 Å². The van der Waals surface area contributed by atoms with Gasteiger partial charge >= 0.3 is 5.97 Å². The third kappa shape index (κ3) is 4.79. The number of esters is 1. The van der Waals surface area contributed by atoms with Crippen molar-refractivity contribution in [1.29, 1.82) is 0 Å². The Balaban J connectivity index is 2.69. The van der Waals surface area contributed by atoms with Gasteiger partial charge < -0.3 is 15.4 Å². The van der Waals surface area contributed by atoms with Crippen LogP contribution in [0.2, 0.25) is 0 Å². The molecule has 0 saturated carbocycles. The third-order valence-electron chi connectivity index (χ3n) is 2.38. The lowest BCUT2D eigenvalue weighted by molar-refractivity contribution is -0.142. The zero-order valence-corrected chi connectivity index (χ0v) is 10.8. The standard InChI is InChI=1S/C13H16N2O4/c1-9(16)14-8-11(13(18)19-2)15-12(17)10-6-4-3-5-7-10/h3-7,11H,8H2,1-2H3,(H,14,16)(H,15,17)/t11-/m0/s1. The summed E-state index contributed by atoms with van der Waals surface area (Å²) in [6.07, 6.45) is 0. The minimum Gasteiger partial charge on any atom is -0.467 e. The summed E-state index contributed by atoms with van der Waals surface area (Å²) in [5.41, 5.74) is 0.430. The van der Waals surface area contributed by atoms with Gasteiger partial charge in [0.2, 0.25) is 5.91 Å². The van der Waals surface area contributed by atoms with Crippen LogP contribution in [0.15, 0.2) is 30.3 Å². The zero-order valence-electron chi connectivity index (χ0n) is 10.8. The molecule has 0 unspecified atom stereocenters. The van der Waals surface area contributed by atoms with Gasteiger partial charge in [-0.1, -0.05) is 18.2 Å². The molecule has 1 aromatic carbocycles. The molecule has 1 aromatic rings. The average Bonchev–Trinajstić information content (AvgIpc) is 2.43. The Hall–Kier alpha value is -2.37. The van der Waals surface area contributed by atoms with Crippen molar-refractivity contribution in [3.63, 3.8) is 0 Å². The highest BCUT2D eigenvalue weighted by atomic mass is 16.5. The Morgan fingerprint density at radius 1 is 1.21 bits per heavy atom. The van der Waals surface area contributed by atoms with Crippen LogP contribution in [-0.4, -0.2) is 37.5 Å². The predicted molar refractivity (Wildman–Crippen MR) is 68.4 cm³/mol. The van der Waals surface area contributed by atoms with Crippen LogP contribution in [0.3, 0.4) is 0 Å². The molecule has 2 amide bonds. The van der Waals surface area contributed by atoms with Crippen molar-refractivity contribution < 1.29 is 19.1 Å². The summed E-state index contributed by atoms with van der Waals surface area (Å²) >= 11 is 0. The number of methoxy groups -OCH3 is 1. The number of carbonyl (C=O) groups is 3. The Bertz CT molecular complexity index is 459. The molecule has 1 rings (SSSR count). The Labute approximate surface area is 111 Å². The van der Waals surface area contributed by atoms with Crippen molar-refractivity contribution in [1.82, 2.24) is 10.6 Å². The first-order valence-corrected chi connectivity index (χ1v) is 5.72. The molecule has 0 aliphatic rings. The number of amides is 2. The van der Waals surface area contributed by atoms with Crippen LogP contribution in [0.1, 0.15) is 17.3 Å². The fourth-order valence-electron chi connectivity index (χ4n) is 1.41. The second kappa shape index (κ2) is 7.15. The lowest BCUT2D eigenvalue weighted by Crippen LogP contribution is -2.48. The SMILES string of the molecule is COC(=O)[C@H](CNC(C)=O)NC(=O)c1ccccc1. The monoisotopic (exact) mass is 264 g/mol. The van der Waals surface area contributed by atoms with Gasteiger partial charge in [0.05, 0.1) is 7.11 Å². The number of hydrogen-bond acceptors (Lipinski definition) is 4. The van der Waals surface area contributed by atoms with Crippen LogP contribution in [0, 0.1) is 0 Å². The van der Waals surface area contributed by atoms with Crippen LogP contribution in [-0.2, 0) is 14.3 Å². The lowest BCUT2D eigenvalue weighted by atomic mass is 10.2. The summed E-state index contributed by atoms with van der Waals surface area (Å²) in [6, 6.07) is 7.56. The number of hydrogen-bond donors (Lipinski definition) is 2. The minimum atomic E-state index is -0.915. The second-order valence-corrected chi connectivity index (χ2v) is 3.85. The minimum absolute atomic E-state index is 0.0133. The van der Waals surface area contributed by atoms with E-state index in [9.17, 15) is 14.4 Å². The van der Waals surface area contributed by atoms with Crippen LogP contribution in [0.25, 0.3) is 0 Å². The fraction of sp³-hybridized carbons (Fsp3) is 0.308. The van der Waals surface area contributed by atoms with E-state index in [4.69, 9.17) is 0 Å². The summed E-state index contributed by atoms with van der Waals surface area (Å²) in [7, 11) is 1.22. The number of nitrogens with one attached hydrogen (secondary N) is 2. The maximum atomic E-state index is 11.9. The molecule has 0 fully saturated rings. The van der Waals surface area contributed by atoms with E-state index in [1.165, 1.54) is 14.0 Å². The smallest absolute Gasteiger partial charge is 0.330 e. The number of carbonyl (C=O) groups excluding carboxylic acids is 3. The van der Waals surface area contributed by atoms with E-state index in [1.54, 1.807) is 30.3 Å². The Morgan fingerprint density at radius 3 is 2.37 bits per heavy atom. The topological polar surface area (TPSA) is 84.5 Å². The van der Waals surface area contributed by atoms with Crippen molar-refractivity contribution >= 4 is 17.8 Å². The van der Waals surface area contributed by atoms with Crippen LogP contribution < -0.4 is 10.6 Å². The van der Waals surface area contributed by atoms with Crippen LogP contribution >= 0.6 is 0 Å². The first kappa shape index (κ1) is 14.7. The van der Waals surface area contributed by atoms with Gasteiger partial charge in [-0.05, 0) is 12.1 Å². The van der Waals surface area contributed by atoms with Crippen molar-refractivity contribution in [2.24, 2.45) is 0 Å². The van der Waals surface area contributed by atoms with Gasteiger partial charge in [-0.3, -0.25) is 9.59 Å². The van der Waals surface area contributed by atoms with E-state index >= 15 is 0 Å². The van der Waals surface area contributed by atoms with E-state index in [2.05, 4.69) is 15.4 Å². The molecular weight excluding hydrogens is 248 g/mol. The average molecular weight is 264 g/mol. The molecule has 0 heterocycles. The predicted octanol–water partition coefficient (Wildman–Crippen LogP) is 0.0941. The molecular formula is C13H16N2O4. The molecule has 0 spiro atoms. The summed E-state index contributed by atoms with van der Waals surface area (Å²) in [4.78, 5) is 34.2. The van der Waals surface area contributed by atoms with Gasteiger partial charge in [-0.25, -0.2) is 4.79 Å². The van der Waals surface area contributed by atoms with Gasteiger partial charge in [0.1, 0.15) is 6.04 Å². The first-order chi connectivity index (χ1) is 9.04. The number of ether oxygens (including phenoxy) is 1. The van der Waals surface area contributed by atoms with Crippen LogP contribution in [0.5, 0.6) is 0 Å². The molecule has 0 aromatic heterocycles. The summed E-state index contributed by atoms with van der Waals surface area (Å²) in [5, 5.41) is 4.97. The van der Waals surface area contributed by atoms with Crippen molar-refractivity contribution in [2.45, 2.75) is 13.0 Å². The molecule has 0 bridgehead atoms. The molecule has 0 saturated heterocycles. The summed E-state index contributed by atoms with van der Waals surface area (Å²) in [5.74, 6) is -1.30. The molecule has 6 heteroatoms. The fourth-order valence-corrected chi connectivity index (χ4v) is 1.41. The third-order valence-corrected chi connectivity index (χ3v) is 2.38. The second-order valence-electron chi connectivity index (χ2n) is 3.85. The van der Waals surface area contributed by atoms with E-state index in [-0.39, 0.29) is 12.5 Å². The highest BCUT2D eigenvalue weighted by Crippen LogP contribution is 1.99. The molecule has 19 heavy (non-hydrogen) atoms. The van der Waals surface area contributed by atoms with E-state index in [0.717, 1.165) is 0 Å². The van der Waals surface area contributed by atoms with Gasteiger partial charge in [-0.2, -0.15) is 0 Å². The quantitative estimate of drug-likeness (QED) is 0.738. The molecule has 0 aliphatic heterocycles. The summed E-state index contributed by atoms with van der Waals surface area (Å²) < 4.78 is 4.58. The lowest BCUT2D eigenvalue weighted by Gasteiger charge is -2.16. The van der Waals surface area contributed by atoms with Gasteiger partial charge in [0, 0.05) is 19.0 Å². The highest BCUT2D eigenvalue weighted by Gasteiger charge is 2.22. The Kier molecular flexibility index (Phi) is 5.53. The number of rotatable bonds is 5. The molecule has 0 aliphatic carbocycles. The van der Waals surface area contributed by atoms with Crippen molar-refractivity contribution in [3.8, 4) is 0 Å². The number of benzene rings is 1. The molecule has 102 valence electrons. The maximum absolute atomic E-state index is 11.9. The van der Waals surface area contributed by atoms with Gasteiger partial charge in [-0.15, -0.1) is 0 Å². The van der Waals surface area contributed by atoms with E-state index < -0.39 is 17.9 Å². The first-order valence-electron chi connectivity index (χ1n) is 5.72. The zero-order chi connectivity index (χ0) is 14.3. The van der Waals surface area contributed by atoms with Crippen molar-refractivity contribution in [2.75, 3.05) is 13.7 Å². The molecule has 0 radical (unpaired) electrons.